The maximum absolute atomic E-state index is 11.8. The number of hydrogen-bond acceptors (Lipinski definition) is 4. The number of hydrogen-bond donors (Lipinski definition) is 2. The van der Waals surface area contributed by atoms with Gasteiger partial charge < -0.3 is 20.1 Å². The molecular formula is C17H17ClN2O4. The van der Waals surface area contributed by atoms with Crippen molar-refractivity contribution >= 4 is 29.1 Å². The van der Waals surface area contributed by atoms with Gasteiger partial charge in [-0.25, -0.2) is 0 Å². The SMILES string of the molecule is COc1ccc(NC(=O)C(=O)NCCOc2cccc(Cl)c2)cc1. The van der Waals surface area contributed by atoms with Gasteiger partial charge in [0.2, 0.25) is 0 Å². The number of anilines is 1. The summed E-state index contributed by atoms with van der Waals surface area (Å²) in [5, 5.41) is 5.54. The average molecular weight is 349 g/mol. The van der Waals surface area contributed by atoms with Gasteiger partial charge in [0.1, 0.15) is 18.1 Å². The summed E-state index contributed by atoms with van der Waals surface area (Å²) in [7, 11) is 1.55. The predicted molar refractivity (Wildman–Crippen MR) is 91.6 cm³/mol. The molecule has 0 atom stereocenters. The summed E-state index contributed by atoms with van der Waals surface area (Å²) in [6.45, 7) is 0.420. The highest BCUT2D eigenvalue weighted by Gasteiger charge is 2.13. The second kappa shape index (κ2) is 8.79. The van der Waals surface area contributed by atoms with Crippen LogP contribution in [0.4, 0.5) is 5.69 Å². The topological polar surface area (TPSA) is 76.7 Å². The highest BCUT2D eigenvalue weighted by molar-refractivity contribution is 6.39. The van der Waals surface area contributed by atoms with Crippen LogP contribution in [0.5, 0.6) is 11.5 Å². The second-order valence-electron chi connectivity index (χ2n) is 4.74. The molecule has 2 N–H and O–H groups in total. The first-order chi connectivity index (χ1) is 11.6. The van der Waals surface area contributed by atoms with Crippen molar-refractivity contribution in [1.29, 1.82) is 0 Å². The predicted octanol–water partition coefficient (Wildman–Crippen LogP) is 2.48. The highest BCUT2D eigenvalue weighted by Crippen LogP contribution is 2.17. The van der Waals surface area contributed by atoms with Crippen molar-refractivity contribution in [2.75, 3.05) is 25.6 Å². The van der Waals surface area contributed by atoms with Gasteiger partial charge in [-0.3, -0.25) is 9.59 Å². The first kappa shape index (κ1) is 17.6. The van der Waals surface area contributed by atoms with E-state index in [2.05, 4.69) is 10.6 Å². The molecule has 0 spiro atoms. The first-order valence-corrected chi connectivity index (χ1v) is 7.58. The fourth-order valence-corrected chi connectivity index (χ4v) is 2.01. The maximum atomic E-state index is 11.8. The van der Waals surface area contributed by atoms with Gasteiger partial charge in [0.15, 0.2) is 0 Å². The monoisotopic (exact) mass is 348 g/mol. The molecule has 6 nitrogen and oxygen atoms in total. The number of carbonyl (C=O) groups is 2. The first-order valence-electron chi connectivity index (χ1n) is 7.20. The fourth-order valence-electron chi connectivity index (χ4n) is 1.83. The zero-order chi connectivity index (χ0) is 17.4. The molecule has 0 bridgehead atoms. The van der Waals surface area contributed by atoms with E-state index in [1.165, 1.54) is 0 Å². The Bertz CT molecular complexity index is 704. The quantitative estimate of drug-likeness (QED) is 0.621. The molecule has 0 aliphatic carbocycles. The van der Waals surface area contributed by atoms with Crippen LogP contribution in [0.15, 0.2) is 48.5 Å². The van der Waals surface area contributed by atoms with Gasteiger partial charge in [0.25, 0.3) is 0 Å². The van der Waals surface area contributed by atoms with Gasteiger partial charge in [-0.15, -0.1) is 0 Å². The minimum absolute atomic E-state index is 0.196. The van der Waals surface area contributed by atoms with Crippen LogP contribution in [0.3, 0.4) is 0 Å². The third-order valence-corrected chi connectivity index (χ3v) is 3.24. The summed E-state index contributed by atoms with van der Waals surface area (Å²) < 4.78 is 10.4. The molecule has 2 aromatic carbocycles. The van der Waals surface area contributed by atoms with Crippen molar-refractivity contribution in [3.63, 3.8) is 0 Å². The van der Waals surface area contributed by atoms with Gasteiger partial charge in [-0.1, -0.05) is 17.7 Å². The summed E-state index contributed by atoms with van der Waals surface area (Å²) in [5.74, 6) is -0.224. The van der Waals surface area contributed by atoms with E-state index in [9.17, 15) is 9.59 Å². The van der Waals surface area contributed by atoms with E-state index < -0.39 is 11.8 Å². The average Bonchev–Trinajstić information content (AvgIpc) is 2.59. The number of methoxy groups -OCH3 is 1. The van der Waals surface area contributed by atoms with E-state index in [0.717, 1.165) is 0 Å². The molecule has 2 rings (SSSR count). The van der Waals surface area contributed by atoms with Crippen molar-refractivity contribution in [3.8, 4) is 11.5 Å². The highest BCUT2D eigenvalue weighted by atomic mass is 35.5. The third-order valence-electron chi connectivity index (χ3n) is 3.01. The summed E-state index contributed by atoms with van der Waals surface area (Å²) in [6.07, 6.45) is 0. The standard InChI is InChI=1S/C17H17ClN2O4/c1-23-14-7-5-13(6-8-14)20-17(22)16(21)19-9-10-24-15-4-2-3-12(18)11-15/h2-8,11H,9-10H2,1H3,(H,19,21)(H,20,22). The summed E-state index contributed by atoms with van der Waals surface area (Å²) in [6, 6.07) is 13.6. The van der Waals surface area contributed by atoms with Crippen molar-refractivity contribution in [2.45, 2.75) is 0 Å². The lowest BCUT2D eigenvalue weighted by Gasteiger charge is -2.08. The Labute approximate surface area is 144 Å². The lowest BCUT2D eigenvalue weighted by Crippen LogP contribution is -2.37. The van der Waals surface area contributed by atoms with Gasteiger partial charge in [-0.2, -0.15) is 0 Å². The molecule has 24 heavy (non-hydrogen) atoms. The van der Waals surface area contributed by atoms with Crippen LogP contribution < -0.4 is 20.1 Å². The Morgan fingerprint density at radius 2 is 1.79 bits per heavy atom. The normalized spacial score (nSPS) is 9.92. The summed E-state index contributed by atoms with van der Waals surface area (Å²) in [4.78, 5) is 23.5. The zero-order valence-electron chi connectivity index (χ0n) is 13.0. The molecule has 126 valence electrons. The van der Waals surface area contributed by atoms with E-state index in [4.69, 9.17) is 21.1 Å². The van der Waals surface area contributed by atoms with E-state index in [1.54, 1.807) is 55.6 Å². The molecule has 0 aliphatic heterocycles. The van der Waals surface area contributed by atoms with Crippen LogP contribution in [-0.4, -0.2) is 32.1 Å². The molecule has 0 aromatic heterocycles. The Kier molecular flexibility index (Phi) is 6.45. The smallest absolute Gasteiger partial charge is 0.313 e. The molecule has 2 aromatic rings. The van der Waals surface area contributed by atoms with Crippen LogP contribution in [0, 0.1) is 0 Å². The van der Waals surface area contributed by atoms with E-state index in [0.29, 0.717) is 22.2 Å². The van der Waals surface area contributed by atoms with Crippen molar-refractivity contribution in [3.05, 3.63) is 53.6 Å². The molecular weight excluding hydrogens is 332 g/mol. The van der Waals surface area contributed by atoms with Crippen LogP contribution in [-0.2, 0) is 9.59 Å². The van der Waals surface area contributed by atoms with E-state index in [1.807, 2.05) is 0 Å². The minimum atomic E-state index is -0.747. The van der Waals surface area contributed by atoms with Crippen LogP contribution in [0.2, 0.25) is 5.02 Å². The molecule has 7 heteroatoms. The zero-order valence-corrected chi connectivity index (χ0v) is 13.8. The van der Waals surface area contributed by atoms with Crippen LogP contribution in [0.25, 0.3) is 0 Å². The van der Waals surface area contributed by atoms with Crippen LogP contribution in [0.1, 0.15) is 0 Å². The molecule has 0 saturated heterocycles. The Morgan fingerprint density at radius 3 is 2.46 bits per heavy atom. The number of rotatable bonds is 6. The summed E-state index contributed by atoms with van der Waals surface area (Å²) in [5.41, 5.74) is 0.506. The molecule has 0 unspecified atom stereocenters. The number of nitrogens with one attached hydrogen (secondary N) is 2. The summed E-state index contributed by atoms with van der Waals surface area (Å²) >= 11 is 5.84. The second-order valence-corrected chi connectivity index (χ2v) is 5.18. The van der Waals surface area contributed by atoms with Gasteiger partial charge >= 0.3 is 11.8 Å². The number of ether oxygens (including phenoxy) is 2. The van der Waals surface area contributed by atoms with Crippen molar-refractivity contribution in [1.82, 2.24) is 5.32 Å². The van der Waals surface area contributed by atoms with Crippen molar-refractivity contribution < 1.29 is 19.1 Å². The third kappa shape index (κ3) is 5.48. The van der Waals surface area contributed by atoms with Gasteiger partial charge in [-0.05, 0) is 42.5 Å². The number of halogens is 1. The number of benzene rings is 2. The Balaban J connectivity index is 1.72. The molecule has 0 aliphatic rings. The molecule has 0 heterocycles. The Hall–Kier alpha value is -2.73. The maximum Gasteiger partial charge on any atom is 0.313 e. The fraction of sp³-hybridized carbons (Fsp3) is 0.176. The molecule has 0 radical (unpaired) electrons. The molecule has 2 amide bonds. The van der Waals surface area contributed by atoms with E-state index in [-0.39, 0.29) is 13.2 Å². The lowest BCUT2D eigenvalue weighted by atomic mass is 10.3. The molecule has 0 saturated carbocycles. The largest absolute Gasteiger partial charge is 0.497 e. The minimum Gasteiger partial charge on any atom is -0.497 e. The van der Waals surface area contributed by atoms with Crippen molar-refractivity contribution in [2.24, 2.45) is 0 Å². The molecule has 0 fully saturated rings. The Morgan fingerprint density at radius 1 is 1.04 bits per heavy atom. The number of carbonyl (C=O) groups excluding carboxylic acids is 2. The van der Waals surface area contributed by atoms with Crippen LogP contribution >= 0.6 is 11.6 Å². The lowest BCUT2D eigenvalue weighted by molar-refractivity contribution is -0.136. The van der Waals surface area contributed by atoms with Gasteiger partial charge in [0.05, 0.1) is 13.7 Å². The number of amides is 2. The van der Waals surface area contributed by atoms with E-state index >= 15 is 0 Å². The van der Waals surface area contributed by atoms with Gasteiger partial charge in [0, 0.05) is 10.7 Å².